The molecule has 1 saturated carbocycles. The van der Waals surface area contributed by atoms with Gasteiger partial charge in [0.1, 0.15) is 11.4 Å². The second-order valence-corrected chi connectivity index (χ2v) is 5.16. The summed E-state index contributed by atoms with van der Waals surface area (Å²) in [5.74, 6) is 0.835. The first kappa shape index (κ1) is 10.0. The molecule has 0 bridgehead atoms. The average molecular weight is 196 g/mol. The lowest BCUT2D eigenvalue weighted by Gasteiger charge is -2.46. The van der Waals surface area contributed by atoms with Crippen LogP contribution in [-0.4, -0.2) is 17.3 Å². The van der Waals surface area contributed by atoms with Gasteiger partial charge in [-0.15, -0.1) is 0 Å². The molecule has 1 atom stereocenters. The molecule has 0 amide bonds. The first-order chi connectivity index (χ1) is 6.56. The standard InChI is InChI=1S/C12H20O2/c1-11(2)7-3-4-8-12(11,13)10-6-5-9-14-10/h6,13H,3-5,7-9H2,1-2H3. The highest BCUT2D eigenvalue weighted by atomic mass is 16.5. The minimum Gasteiger partial charge on any atom is -0.495 e. The Labute approximate surface area is 86.0 Å². The molecule has 14 heavy (non-hydrogen) atoms. The normalized spacial score (nSPS) is 36.4. The third kappa shape index (κ3) is 1.36. The number of rotatable bonds is 1. The fourth-order valence-electron chi connectivity index (χ4n) is 2.66. The van der Waals surface area contributed by atoms with E-state index in [0.29, 0.717) is 0 Å². The van der Waals surface area contributed by atoms with Crippen molar-refractivity contribution in [3.8, 4) is 0 Å². The highest BCUT2D eigenvalue weighted by molar-refractivity contribution is 5.19. The van der Waals surface area contributed by atoms with Crippen LogP contribution in [0.1, 0.15) is 46.0 Å². The average Bonchev–Trinajstić information content (AvgIpc) is 2.63. The molecule has 0 aromatic rings. The molecule has 1 fully saturated rings. The Bertz CT molecular complexity index is 255. The smallest absolute Gasteiger partial charge is 0.126 e. The molecule has 2 heteroatoms. The van der Waals surface area contributed by atoms with E-state index in [-0.39, 0.29) is 5.41 Å². The summed E-state index contributed by atoms with van der Waals surface area (Å²) < 4.78 is 5.54. The molecule has 0 spiro atoms. The SMILES string of the molecule is CC1(C)CCCCC1(O)C1=CCCO1. The van der Waals surface area contributed by atoms with E-state index in [1.165, 1.54) is 6.42 Å². The first-order valence-corrected chi connectivity index (χ1v) is 5.62. The Morgan fingerprint density at radius 2 is 2.00 bits per heavy atom. The maximum atomic E-state index is 10.7. The molecule has 1 aliphatic carbocycles. The summed E-state index contributed by atoms with van der Waals surface area (Å²) in [5.41, 5.74) is -0.747. The van der Waals surface area contributed by atoms with E-state index in [0.717, 1.165) is 38.0 Å². The van der Waals surface area contributed by atoms with Crippen molar-refractivity contribution < 1.29 is 9.84 Å². The van der Waals surface area contributed by atoms with Gasteiger partial charge in [0.2, 0.25) is 0 Å². The Balaban J connectivity index is 2.26. The minimum atomic E-state index is -0.707. The summed E-state index contributed by atoms with van der Waals surface area (Å²) in [5, 5.41) is 10.7. The van der Waals surface area contributed by atoms with E-state index in [1.807, 2.05) is 0 Å². The zero-order valence-electron chi connectivity index (χ0n) is 9.18. The molecule has 1 heterocycles. The van der Waals surface area contributed by atoms with Gasteiger partial charge in [-0.3, -0.25) is 0 Å². The Kier molecular flexibility index (Phi) is 2.34. The van der Waals surface area contributed by atoms with Crippen molar-refractivity contribution in [2.24, 2.45) is 5.41 Å². The molecule has 0 aromatic heterocycles. The van der Waals surface area contributed by atoms with Gasteiger partial charge < -0.3 is 9.84 Å². The second kappa shape index (κ2) is 3.27. The summed E-state index contributed by atoms with van der Waals surface area (Å²) in [6.07, 6.45) is 7.29. The second-order valence-electron chi connectivity index (χ2n) is 5.16. The minimum absolute atomic E-state index is 0.0403. The van der Waals surface area contributed by atoms with Crippen molar-refractivity contribution in [3.63, 3.8) is 0 Å². The molecule has 80 valence electrons. The Morgan fingerprint density at radius 1 is 1.29 bits per heavy atom. The van der Waals surface area contributed by atoms with Crippen LogP contribution in [0.3, 0.4) is 0 Å². The van der Waals surface area contributed by atoms with Crippen LogP contribution in [0, 0.1) is 5.41 Å². The van der Waals surface area contributed by atoms with Crippen LogP contribution >= 0.6 is 0 Å². The number of hydrogen-bond acceptors (Lipinski definition) is 2. The molecule has 2 aliphatic rings. The molecule has 2 rings (SSSR count). The first-order valence-electron chi connectivity index (χ1n) is 5.62. The zero-order chi connectivity index (χ0) is 10.2. The van der Waals surface area contributed by atoms with Gasteiger partial charge >= 0.3 is 0 Å². The molecular weight excluding hydrogens is 176 g/mol. The van der Waals surface area contributed by atoms with E-state index >= 15 is 0 Å². The van der Waals surface area contributed by atoms with Crippen LogP contribution in [0.15, 0.2) is 11.8 Å². The van der Waals surface area contributed by atoms with Gasteiger partial charge in [0.05, 0.1) is 6.61 Å². The van der Waals surface area contributed by atoms with Crippen LogP contribution < -0.4 is 0 Å². The topological polar surface area (TPSA) is 29.5 Å². The van der Waals surface area contributed by atoms with E-state index in [2.05, 4.69) is 19.9 Å². The quantitative estimate of drug-likeness (QED) is 0.698. The highest BCUT2D eigenvalue weighted by Crippen LogP contribution is 2.48. The maximum Gasteiger partial charge on any atom is 0.126 e. The summed E-state index contributed by atoms with van der Waals surface area (Å²) >= 11 is 0. The van der Waals surface area contributed by atoms with Crippen molar-refractivity contribution in [1.82, 2.24) is 0 Å². The summed E-state index contributed by atoms with van der Waals surface area (Å²) in [7, 11) is 0. The number of ether oxygens (including phenoxy) is 1. The van der Waals surface area contributed by atoms with Gasteiger partial charge in [-0.05, 0) is 18.9 Å². The van der Waals surface area contributed by atoms with Crippen LogP contribution in [0.25, 0.3) is 0 Å². The van der Waals surface area contributed by atoms with Crippen molar-refractivity contribution in [1.29, 1.82) is 0 Å². The monoisotopic (exact) mass is 196 g/mol. The zero-order valence-corrected chi connectivity index (χ0v) is 9.18. The molecule has 0 radical (unpaired) electrons. The number of aliphatic hydroxyl groups is 1. The molecule has 1 aliphatic heterocycles. The van der Waals surface area contributed by atoms with E-state index in [1.54, 1.807) is 0 Å². The summed E-state index contributed by atoms with van der Waals surface area (Å²) in [6.45, 7) is 5.04. The summed E-state index contributed by atoms with van der Waals surface area (Å²) in [4.78, 5) is 0. The van der Waals surface area contributed by atoms with Crippen molar-refractivity contribution in [2.75, 3.05) is 6.61 Å². The Morgan fingerprint density at radius 3 is 2.57 bits per heavy atom. The fraction of sp³-hybridized carbons (Fsp3) is 0.833. The van der Waals surface area contributed by atoms with Gasteiger partial charge in [0.25, 0.3) is 0 Å². The van der Waals surface area contributed by atoms with E-state index in [9.17, 15) is 5.11 Å². The third-order valence-electron chi connectivity index (χ3n) is 3.82. The van der Waals surface area contributed by atoms with Crippen LogP contribution in [0.5, 0.6) is 0 Å². The molecular formula is C12H20O2. The lowest BCUT2D eigenvalue weighted by atomic mass is 9.64. The Hall–Kier alpha value is -0.500. The molecule has 1 unspecified atom stereocenters. The third-order valence-corrected chi connectivity index (χ3v) is 3.82. The van der Waals surface area contributed by atoms with E-state index < -0.39 is 5.60 Å². The highest BCUT2D eigenvalue weighted by Gasteiger charge is 2.49. The summed E-state index contributed by atoms with van der Waals surface area (Å²) in [6, 6.07) is 0. The van der Waals surface area contributed by atoms with Crippen molar-refractivity contribution in [3.05, 3.63) is 11.8 Å². The van der Waals surface area contributed by atoms with Gasteiger partial charge in [-0.1, -0.05) is 26.7 Å². The van der Waals surface area contributed by atoms with Gasteiger partial charge in [0, 0.05) is 11.8 Å². The van der Waals surface area contributed by atoms with Crippen LogP contribution in [-0.2, 0) is 4.74 Å². The van der Waals surface area contributed by atoms with Crippen LogP contribution in [0.2, 0.25) is 0 Å². The lowest BCUT2D eigenvalue weighted by Crippen LogP contribution is -2.48. The fourth-order valence-corrected chi connectivity index (χ4v) is 2.66. The van der Waals surface area contributed by atoms with Gasteiger partial charge in [-0.25, -0.2) is 0 Å². The van der Waals surface area contributed by atoms with Gasteiger partial charge in [-0.2, -0.15) is 0 Å². The van der Waals surface area contributed by atoms with Crippen molar-refractivity contribution >= 4 is 0 Å². The van der Waals surface area contributed by atoms with Crippen LogP contribution in [0.4, 0.5) is 0 Å². The van der Waals surface area contributed by atoms with E-state index in [4.69, 9.17) is 4.74 Å². The molecule has 2 nitrogen and oxygen atoms in total. The molecule has 0 aromatic carbocycles. The van der Waals surface area contributed by atoms with Gasteiger partial charge in [0.15, 0.2) is 0 Å². The largest absolute Gasteiger partial charge is 0.495 e. The van der Waals surface area contributed by atoms with Crippen molar-refractivity contribution in [2.45, 2.75) is 51.6 Å². The molecule has 0 saturated heterocycles. The molecule has 1 N–H and O–H groups in total. The maximum absolute atomic E-state index is 10.7. The number of hydrogen-bond donors (Lipinski definition) is 1. The lowest BCUT2D eigenvalue weighted by molar-refractivity contribution is -0.0974. The predicted molar refractivity (Wildman–Crippen MR) is 55.9 cm³/mol. The predicted octanol–water partition coefficient (Wildman–Crippen LogP) is 2.62.